The van der Waals surface area contributed by atoms with Crippen molar-refractivity contribution < 1.29 is 19.1 Å². The van der Waals surface area contributed by atoms with Crippen molar-refractivity contribution in [3.63, 3.8) is 0 Å². The number of amides is 2. The number of anilines is 1. The second-order valence-corrected chi connectivity index (χ2v) is 5.49. The summed E-state index contributed by atoms with van der Waals surface area (Å²) in [5.74, 6) is -0.0917. The van der Waals surface area contributed by atoms with E-state index in [1.807, 2.05) is 17.5 Å². The van der Waals surface area contributed by atoms with E-state index in [9.17, 15) is 9.59 Å². The van der Waals surface area contributed by atoms with Gasteiger partial charge in [-0.1, -0.05) is 6.07 Å². The van der Waals surface area contributed by atoms with Gasteiger partial charge in [0, 0.05) is 11.1 Å². The van der Waals surface area contributed by atoms with Gasteiger partial charge in [-0.05, 0) is 23.6 Å². The highest BCUT2D eigenvalue weighted by Crippen LogP contribution is 2.24. The molecule has 0 spiro atoms. The fourth-order valence-corrected chi connectivity index (χ4v) is 2.71. The van der Waals surface area contributed by atoms with Crippen LogP contribution in [-0.2, 0) is 9.53 Å². The molecule has 2 N–H and O–H groups in total. The fraction of sp³-hybridized carbons (Fsp3) is 0.267. The van der Waals surface area contributed by atoms with Crippen molar-refractivity contribution in [3.05, 3.63) is 40.7 Å². The Kier molecular flexibility index (Phi) is 5.93. The predicted octanol–water partition coefficient (Wildman–Crippen LogP) is 2.58. The highest BCUT2D eigenvalue weighted by molar-refractivity contribution is 7.10. The number of nitrogens with one attached hydrogen (secondary N) is 2. The van der Waals surface area contributed by atoms with Crippen LogP contribution < -0.4 is 15.4 Å². The zero-order chi connectivity index (χ0) is 16.7. The minimum absolute atomic E-state index is 0.0502. The maximum absolute atomic E-state index is 12.2. The lowest BCUT2D eigenvalue weighted by molar-refractivity contribution is -0.141. The van der Waals surface area contributed by atoms with Crippen molar-refractivity contribution in [1.82, 2.24) is 10.3 Å². The largest absolute Gasteiger partial charge is 0.480 e. The maximum atomic E-state index is 12.2. The van der Waals surface area contributed by atoms with Crippen LogP contribution >= 0.6 is 11.3 Å². The quantitative estimate of drug-likeness (QED) is 0.792. The lowest BCUT2D eigenvalue weighted by atomic mass is 10.2. The Labute approximate surface area is 137 Å². The zero-order valence-corrected chi connectivity index (χ0v) is 13.6. The summed E-state index contributed by atoms with van der Waals surface area (Å²) in [5.41, 5.74) is 0.440. The van der Waals surface area contributed by atoms with Gasteiger partial charge in [-0.25, -0.2) is 9.78 Å². The van der Waals surface area contributed by atoms with E-state index in [-0.39, 0.29) is 6.42 Å². The molecule has 0 unspecified atom stereocenters. The summed E-state index contributed by atoms with van der Waals surface area (Å²) >= 11 is 1.45. The number of hydrogen-bond donors (Lipinski definition) is 2. The first-order valence-corrected chi connectivity index (χ1v) is 7.68. The molecule has 2 aromatic rings. The molecule has 7 nitrogen and oxygen atoms in total. The van der Waals surface area contributed by atoms with Gasteiger partial charge in [-0.3, -0.25) is 4.79 Å². The minimum Gasteiger partial charge on any atom is -0.480 e. The topological polar surface area (TPSA) is 89.5 Å². The van der Waals surface area contributed by atoms with Gasteiger partial charge in [0.15, 0.2) is 0 Å². The van der Waals surface area contributed by atoms with E-state index in [0.717, 1.165) is 4.88 Å². The number of thiophene rings is 1. The van der Waals surface area contributed by atoms with Gasteiger partial charge in [0.05, 0.1) is 26.7 Å². The van der Waals surface area contributed by atoms with Crippen LogP contribution in [0, 0.1) is 0 Å². The molecule has 2 heterocycles. The van der Waals surface area contributed by atoms with Crippen molar-refractivity contribution >= 4 is 29.0 Å². The summed E-state index contributed by atoms with van der Waals surface area (Å²) in [6, 6.07) is 6.13. The molecule has 0 saturated carbocycles. The molecule has 23 heavy (non-hydrogen) atoms. The Hall–Kier alpha value is -2.61. The normalized spacial score (nSPS) is 11.4. The second-order valence-electron chi connectivity index (χ2n) is 4.51. The van der Waals surface area contributed by atoms with Crippen LogP contribution in [0.15, 0.2) is 35.8 Å². The standard InChI is InChI=1S/C15H17N3O4S/c1-21-13(19)9-11(12-6-4-8-23-12)18-15(20)17-10-5-3-7-16-14(10)22-2/h3-8,11H,9H2,1-2H3,(H2,17,18,20)/t11-/m1/s1. The number of ether oxygens (including phenoxy) is 2. The van der Waals surface area contributed by atoms with Gasteiger partial charge in [-0.2, -0.15) is 0 Å². The Morgan fingerprint density at radius 2 is 2.13 bits per heavy atom. The fourth-order valence-electron chi connectivity index (χ4n) is 1.93. The summed E-state index contributed by atoms with van der Waals surface area (Å²) in [4.78, 5) is 28.6. The third-order valence-electron chi connectivity index (χ3n) is 3.00. The van der Waals surface area contributed by atoms with E-state index in [1.54, 1.807) is 18.3 Å². The van der Waals surface area contributed by atoms with Crippen LogP contribution in [0.5, 0.6) is 5.88 Å². The summed E-state index contributed by atoms with van der Waals surface area (Å²) < 4.78 is 9.76. The van der Waals surface area contributed by atoms with Crippen molar-refractivity contribution in [3.8, 4) is 5.88 Å². The maximum Gasteiger partial charge on any atom is 0.319 e. The van der Waals surface area contributed by atoms with Crippen LogP contribution in [0.1, 0.15) is 17.3 Å². The van der Waals surface area contributed by atoms with Gasteiger partial charge in [0.1, 0.15) is 5.69 Å². The Morgan fingerprint density at radius 3 is 2.78 bits per heavy atom. The Morgan fingerprint density at radius 1 is 1.30 bits per heavy atom. The van der Waals surface area contributed by atoms with Crippen molar-refractivity contribution in [2.45, 2.75) is 12.5 Å². The zero-order valence-electron chi connectivity index (χ0n) is 12.7. The average Bonchev–Trinajstić information content (AvgIpc) is 3.09. The van der Waals surface area contributed by atoms with Crippen LogP contribution in [0.3, 0.4) is 0 Å². The number of carbonyl (C=O) groups excluding carboxylic acids is 2. The molecule has 0 radical (unpaired) electrons. The third-order valence-corrected chi connectivity index (χ3v) is 3.99. The van der Waals surface area contributed by atoms with Crippen LogP contribution in [0.25, 0.3) is 0 Å². The van der Waals surface area contributed by atoms with Gasteiger partial charge in [-0.15, -0.1) is 11.3 Å². The molecule has 1 atom stereocenters. The summed E-state index contributed by atoms with van der Waals surface area (Å²) in [6.07, 6.45) is 1.61. The predicted molar refractivity (Wildman–Crippen MR) is 86.6 cm³/mol. The number of esters is 1. The van der Waals surface area contributed by atoms with E-state index >= 15 is 0 Å². The van der Waals surface area contributed by atoms with Crippen molar-refractivity contribution in [2.24, 2.45) is 0 Å². The average molecular weight is 335 g/mol. The van der Waals surface area contributed by atoms with Crippen LogP contribution in [-0.4, -0.2) is 31.2 Å². The molecule has 0 aromatic carbocycles. The first-order valence-electron chi connectivity index (χ1n) is 6.80. The van der Waals surface area contributed by atoms with E-state index < -0.39 is 18.0 Å². The third kappa shape index (κ3) is 4.68. The molecule has 8 heteroatoms. The SMILES string of the molecule is COC(=O)C[C@@H](NC(=O)Nc1cccnc1OC)c1cccs1. The number of pyridine rings is 1. The number of methoxy groups -OCH3 is 2. The second kappa shape index (κ2) is 8.14. The summed E-state index contributed by atoms with van der Waals surface area (Å²) in [6.45, 7) is 0. The lowest BCUT2D eigenvalue weighted by Crippen LogP contribution is -2.33. The Bertz CT molecular complexity index is 661. The van der Waals surface area contributed by atoms with E-state index in [0.29, 0.717) is 11.6 Å². The van der Waals surface area contributed by atoms with Crippen LogP contribution in [0.2, 0.25) is 0 Å². The van der Waals surface area contributed by atoms with Crippen molar-refractivity contribution in [2.75, 3.05) is 19.5 Å². The molecule has 2 aromatic heterocycles. The van der Waals surface area contributed by atoms with Gasteiger partial charge >= 0.3 is 12.0 Å². The molecule has 0 bridgehead atoms. The molecule has 0 aliphatic heterocycles. The van der Waals surface area contributed by atoms with E-state index in [4.69, 9.17) is 4.74 Å². The summed E-state index contributed by atoms with van der Waals surface area (Å²) in [7, 11) is 2.78. The molecule has 2 rings (SSSR count). The highest BCUT2D eigenvalue weighted by atomic mass is 32.1. The van der Waals surface area contributed by atoms with Gasteiger partial charge in [0.25, 0.3) is 0 Å². The van der Waals surface area contributed by atoms with Gasteiger partial charge < -0.3 is 20.1 Å². The molecule has 0 aliphatic carbocycles. The number of nitrogens with zero attached hydrogens (tertiary/aromatic N) is 1. The number of aromatic nitrogens is 1. The van der Waals surface area contributed by atoms with Crippen LogP contribution in [0.4, 0.5) is 10.5 Å². The molecule has 0 fully saturated rings. The molecule has 0 saturated heterocycles. The monoisotopic (exact) mass is 335 g/mol. The number of rotatable bonds is 6. The Balaban J connectivity index is 2.07. The molecule has 122 valence electrons. The first-order chi connectivity index (χ1) is 11.1. The molecular weight excluding hydrogens is 318 g/mol. The number of carbonyl (C=O) groups is 2. The van der Waals surface area contributed by atoms with E-state index in [2.05, 4.69) is 20.4 Å². The summed E-state index contributed by atoms with van der Waals surface area (Å²) in [5, 5.41) is 7.30. The van der Waals surface area contributed by atoms with Gasteiger partial charge in [0.2, 0.25) is 5.88 Å². The molecule has 2 amide bonds. The first kappa shape index (κ1) is 16.8. The lowest BCUT2D eigenvalue weighted by Gasteiger charge is -2.17. The number of hydrogen-bond acceptors (Lipinski definition) is 6. The minimum atomic E-state index is -0.467. The smallest absolute Gasteiger partial charge is 0.319 e. The molecular formula is C15H17N3O4S. The number of urea groups is 1. The van der Waals surface area contributed by atoms with Crippen molar-refractivity contribution in [1.29, 1.82) is 0 Å². The molecule has 0 aliphatic rings. The van der Waals surface area contributed by atoms with E-state index in [1.165, 1.54) is 25.6 Å². The highest BCUT2D eigenvalue weighted by Gasteiger charge is 2.20.